The smallest absolute Gasteiger partial charge is 0.233 e. The van der Waals surface area contributed by atoms with Crippen LogP contribution in [0.1, 0.15) is 32.6 Å². The van der Waals surface area contributed by atoms with E-state index in [1.807, 2.05) is 0 Å². The van der Waals surface area contributed by atoms with Crippen molar-refractivity contribution < 1.29 is 4.79 Å². The number of hydrogen-bond donors (Lipinski definition) is 1. The van der Waals surface area contributed by atoms with E-state index in [2.05, 4.69) is 12.2 Å². The molecule has 2 aliphatic rings. The lowest BCUT2D eigenvalue weighted by molar-refractivity contribution is -0.133. The minimum atomic E-state index is 0.188. The first kappa shape index (κ1) is 9.90. The number of nitrogens with one attached hydrogen (secondary N) is 1. The molecule has 2 atom stereocenters. The van der Waals surface area contributed by atoms with E-state index in [0.29, 0.717) is 11.2 Å². The third-order valence-corrected chi connectivity index (χ3v) is 3.44. The lowest BCUT2D eigenvalue weighted by Crippen LogP contribution is -2.58. The maximum Gasteiger partial charge on any atom is 0.233 e. The van der Waals surface area contributed by atoms with Gasteiger partial charge in [-0.05, 0) is 31.5 Å². The van der Waals surface area contributed by atoms with Gasteiger partial charge >= 0.3 is 0 Å². The summed E-state index contributed by atoms with van der Waals surface area (Å²) in [5.41, 5.74) is 0. The van der Waals surface area contributed by atoms with Gasteiger partial charge < -0.3 is 5.32 Å². The number of carbonyl (C=O) groups excluding carboxylic acids is 1. The second kappa shape index (κ2) is 3.85. The van der Waals surface area contributed by atoms with E-state index in [9.17, 15) is 4.79 Å². The largest absolute Gasteiger partial charge is 0.359 e. The number of nitrogens with zero attached hydrogens (tertiary/aromatic N) is 1. The van der Waals surface area contributed by atoms with Gasteiger partial charge in [0.05, 0.1) is 5.92 Å². The number of fused-ring (bicyclic) bond motifs is 1. The fraction of sp³-hybridized carbons (Fsp3) is 0.800. The van der Waals surface area contributed by atoms with Gasteiger partial charge in [0.1, 0.15) is 0 Å². The van der Waals surface area contributed by atoms with Crippen molar-refractivity contribution >= 4 is 23.2 Å². The molecule has 0 spiro atoms. The molecule has 1 heterocycles. The second-order valence-corrected chi connectivity index (χ2v) is 4.47. The highest BCUT2D eigenvalue weighted by molar-refractivity contribution is 7.80. The summed E-state index contributed by atoms with van der Waals surface area (Å²) >= 11 is 5.19. The Labute approximate surface area is 89.8 Å². The SMILES string of the molecule is CCCN1C(=O)C2CCCC2NC1=S. The first-order valence-corrected chi connectivity index (χ1v) is 5.76. The Bertz CT molecular complexity index is 267. The molecular formula is C10H16N2OS. The summed E-state index contributed by atoms with van der Waals surface area (Å²) in [6, 6.07) is 0.322. The van der Waals surface area contributed by atoms with Gasteiger partial charge in [-0.25, -0.2) is 0 Å². The first-order chi connectivity index (χ1) is 6.74. The van der Waals surface area contributed by atoms with E-state index in [0.717, 1.165) is 32.2 Å². The van der Waals surface area contributed by atoms with Crippen molar-refractivity contribution in [2.24, 2.45) is 5.92 Å². The zero-order chi connectivity index (χ0) is 10.1. The van der Waals surface area contributed by atoms with Crippen LogP contribution in [0.15, 0.2) is 0 Å². The first-order valence-electron chi connectivity index (χ1n) is 5.36. The van der Waals surface area contributed by atoms with Crippen LogP contribution in [0.25, 0.3) is 0 Å². The summed E-state index contributed by atoms with van der Waals surface area (Å²) in [7, 11) is 0. The number of thiocarbonyl (C=S) groups is 1. The summed E-state index contributed by atoms with van der Waals surface area (Å²) in [6.07, 6.45) is 4.23. The molecule has 0 radical (unpaired) electrons. The molecule has 1 saturated heterocycles. The highest BCUT2D eigenvalue weighted by Gasteiger charge is 2.41. The molecule has 78 valence electrons. The van der Waals surface area contributed by atoms with Crippen LogP contribution in [-0.4, -0.2) is 28.5 Å². The van der Waals surface area contributed by atoms with Gasteiger partial charge in [-0.1, -0.05) is 13.3 Å². The molecule has 2 rings (SSSR count). The van der Waals surface area contributed by atoms with E-state index in [1.54, 1.807) is 4.90 Å². The summed E-state index contributed by atoms with van der Waals surface area (Å²) in [5, 5.41) is 3.92. The van der Waals surface area contributed by atoms with Gasteiger partial charge in [0.25, 0.3) is 0 Å². The van der Waals surface area contributed by atoms with Crippen molar-refractivity contribution in [1.82, 2.24) is 10.2 Å². The second-order valence-electron chi connectivity index (χ2n) is 4.08. The normalized spacial score (nSPS) is 31.6. The third-order valence-electron chi connectivity index (χ3n) is 3.10. The minimum absolute atomic E-state index is 0.188. The number of carbonyl (C=O) groups is 1. The predicted molar refractivity (Wildman–Crippen MR) is 58.9 cm³/mol. The number of hydrogen-bond acceptors (Lipinski definition) is 2. The van der Waals surface area contributed by atoms with Crippen LogP contribution in [0.2, 0.25) is 0 Å². The van der Waals surface area contributed by atoms with Crippen LogP contribution >= 0.6 is 12.2 Å². The molecule has 1 amide bonds. The summed E-state index contributed by atoms with van der Waals surface area (Å²) in [4.78, 5) is 13.7. The molecule has 1 aliphatic carbocycles. The van der Waals surface area contributed by atoms with Gasteiger partial charge in [0, 0.05) is 12.6 Å². The van der Waals surface area contributed by atoms with Crippen molar-refractivity contribution in [1.29, 1.82) is 0 Å². The van der Waals surface area contributed by atoms with Gasteiger partial charge in [0.15, 0.2) is 5.11 Å². The van der Waals surface area contributed by atoms with E-state index in [4.69, 9.17) is 12.2 Å². The third kappa shape index (κ3) is 1.52. The Hall–Kier alpha value is -0.640. The van der Waals surface area contributed by atoms with Gasteiger partial charge in [0.2, 0.25) is 5.91 Å². The molecule has 0 aromatic rings. The average Bonchev–Trinajstić information content (AvgIpc) is 2.60. The van der Waals surface area contributed by atoms with E-state index < -0.39 is 0 Å². The molecule has 1 aliphatic heterocycles. The van der Waals surface area contributed by atoms with Crippen molar-refractivity contribution in [3.63, 3.8) is 0 Å². The summed E-state index contributed by atoms with van der Waals surface area (Å²) in [5.74, 6) is 0.436. The topological polar surface area (TPSA) is 32.3 Å². The zero-order valence-electron chi connectivity index (χ0n) is 8.45. The molecule has 2 fully saturated rings. The number of rotatable bonds is 2. The Balaban J connectivity index is 2.13. The van der Waals surface area contributed by atoms with Gasteiger partial charge in [-0.2, -0.15) is 0 Å². The fourth-order valence-electron chi connectivity index (χ4n) is 2.40. The summed E-state index contributed by atoms with van der Waals surface area (Å²) in [6.45, 7) is 2.82. The Morgan fingerprint density at radius 1 is 1.57 bits per heavy atom. The Morgan fingerprint density at radius 3 is 3.07 bits per heavy atom. The van der Waals surface area contributed by atoms with Crippen LogP contribution in [0, 0.1) is 5.92 Å². The van der Waals surface area contributed by atoms with E-state index >= 15 is 0 Å². The standard InChI is InChI=1S/C10H16N2OS/c1-2-6-12-9(13)7-4-3-5-8(7)11-10(12)14/h7-8H,2-6H2,1H3,(H,11,14). The minimum Gasteiger partial charge on any atom is -0.359 e. The predicted octanol–water partition coefficient (Wildman–Crippen LogP) is 1.28. The molecule has 0 aromatic carbocycles. The van der Waals surface area contributed by atoms with E-state index in [1.165, 1.54) is 0 Å². The summed E-state index contributed by atoms with van der Waals surface area (Å²) < 4.78 is 0. The van der Waals surface area contributed by atoms with Gasteiger partial charge in [-0.3, -0.25) is 9.69 Å². The maximum absolute atomic E-state index is 12.0. The monoisotopic (exact) mass is 212 g/mol. The fourth-order valence-corrected chi connectivity index (χ4v) is 2.73. The van der Waals surface area contributed by atoms with Crippen molar-refractivity contribution in [2.75, 3.05) is 6.54 Å². The molecule has 1 saturated carbocycles. The van der Waals surface area contributed by atoms with Crippen molar-refractivity contribution in [3.05, 3.63) is 0 Å². The quantitative estimate of drug-likeness (QED) is 0.700. The number of amides is 1. The van der Waals surface area contributed by atoms with Crippen molar-refractivity contribution in [3.8, 4) is 0 Å². The lowest BCUT2D eigenvalue weighted by Gasteiger charge is -2.36. The Kier molecular flexibility index (Phi) is 2.72. The Morgan fingerprint density at radius 2 is 2.36 bits per heavy atom. The zero-order valence-corrected chi connectivity index (χ0v) is 9.27. The molecule has 2 unspecified atom stereocenters. The maximum atomic E-state index is 12.0. The van der Waals surface area contributed by atoms with Crippen LogP contribution in [0.4, 0.5) is 0 Å². The van der Waals surface area contributed by atoms with Crippen LogP contribution in [0.5, 0.6) is 0 Å². The van der Waals surface area contributed by atoms with E-state index in [-0.39, 0.29) is 11.8 Å². The molecule has 3 nitrogen and oxygen atoms in total. The molecule has 1 N–H and O–H groups in total. The average molecular weight is 212 g/mol. The molecular weight excluding hydrogens is 196 g/mol. The molecule has 14 heavy (non-hydrogen) atoms. The van der Waals surface area contributed by atoms with Crippen LogP contribution in [-0.2, 0) is 4.79 Å². The van der Waals surface area contributed by atoms with Gasteiger partial charge in [-0.15, -0.1) is 0 Å². The van der Waals surface area contributed by atoms with Crippen LogP contribution in [0.3, 0.4) is 0 Å². The highest BCUT2D eigenvalue weighted by atomic mass is 32.1. The molecule has 0 bridgehead atoms. The van der Waals surface area contributed by atoms with Crippen molar-refractivity contribution in [2.45, 2.75) is 38.6 Å². The van der Waals surface area contributed by atoms with Crippen LogP contribution < -0.4 is 5.32 Å². The molecule has 0 aromatic heterocycles. The molecule has 4 heteroatoms. The highest BCUT2D eigenvalue weighted by Crippen LogP contribution is 2.30. The lowest BCUT2D eigenvalue weighted by atomic mass is 10.00.